The van der Waals surface area contributed by atoms with Gasteiger partial charge in [0.05, 0.1) is 17.1 Å². The third-order valence-electron chi connectivity index (χ3n) is 5.40. The Morgan fingerprint density at radius 2 is 1.63 bits per heavy atom. The highest BCUT2D eigenvalue weighted by Gasteiger charge is 2.26. The number of anilines is 2. The molecule has 1 amide bonds. The Morgan fingerprint density at radius 1 is 0.914 bits per heavy atom. The number of benzene rings is 4. The quantitative estimate of drug-likeness (QED) is 0.312. The standard InChI is InChI=1S/C27H22ClFN2O3S/c1-19-10-15-22(28)16-26(19)31(35(33,34)25-8-3-2-4-9-25)18-20-11-13-21(14-12-20)27(32)30-24-7-5-6-23(29)17-24/h2-17H,18H2,1H3,(H,30,32). The molecule has 0 fully saturated rings. The van der Waals surface area contributed by atoms with Gasteiger partial charge in [0, 0.05) is 16.3 Å². The Labute approximate surface area is 208 Å². The molecule has 0 atom stereocenters. The molecule has 0 aliphatic carbocycles. The van der Waals surface area contributed by atoms with Crippen LogP contribution >= 0.6 is 11.6 Å². The molecule has 0 saturated heterocycles. The number of carbonyl (C=O) groups excluding carboxylic acids is 1. The van der Waals surface area contributed by atoms with Crippen molar-refractivity contribution in [3.8, 4) is 0 Å². The van der Waals surface area contributed by atoms with E-state index in [4.69, 9.17) is 11.6 Å². The third kappa shape index (κ3) is 5.70. The number of nitrogens with zero attached hydrogens (tertiary/aromatic N) is 1. The van der Waals surface area contributed by atoms with Crippen molar-refractivity contribution in [3.05, 3.63) is 125 Å². The van der Waals surface area contributed by atoms with E-state index in [1.54, 1.807) is 78.9 Å². The topological polar surface area (TPSA) is 66.5 Å². The van der Waals surface area contributed by atoms with Crippen molar-refractivity contribution in [1.82, 2.24) is 0 Å². The van der Waals surface area contributed by atoms with E-state index in [-0.39, 0.29) is 11.4 Å². The number of halogens is 2. The second-order valence-corrected chi connectivity index (χ2v) is 10.2. The lowest BCUT2D eigenvalue weighted by atomic mass is 10.1. The van der Waals surface area contributed by atoms with Crippen LogP contribution in [0, 0.1) is 12.7 Å². The molecule has 0 radical (unpaired) electrons. The van der Waals surface area contributed by atoms with Gasteiger partial charge in [-0.25, -0.2) is 12.8 Å². The van der Waals surface area contributed by atoms with Gasteiger partial charge in [-0.1, -0.05) is 54.1 Å². The molecule has 1 N–H and O–H groups in total. The molecular weight excluding hydrogens is 487 g/mol. The molecule has 5 nitrogen and oxygen atoms in total. The Balaban J connectivity index is 1.63. The van der Waals surface area contributed by atoms with Crippen LogP contribution in [0.3, 0.4) is 0 Å². The SMILES string of the molecule is Cc1ccc(Cl)cc1N(Cc1ccc(C(=O)Nc2cccc(F)c2)cc1)S(=O)(=O)c1ccccc1. The zero-order chi connectivity index (χ0) is 25.0. The van der Waals surface area contributed by atoms with Crippen LogP contribution in [0.5, 0.6) is 0 Å². The second kappa shape index (κ2) is 10.3. The minimum atomic E-state index is -3.90. The number of rotatable bonds is 7. The lowest BCUT2D eigenvalue weighted by molar-refractivity contribution is 0.102. The lowest BCUT2D eigenvalue weighted by Gasteiger charge is -2.26. The Morgan fingerprint density at radius 3 is 2.31 bits per heavy atom. The molecule has 0 heterocycles. The maximum Gasteiger partial charge on any atom is 0.264 e. The van der Waals surface area contributed by atoms with Crippen molar-refractivity contribution >= 4 is 38.9 Å². The summed E-state index contributed by atoms with van der Waals surface area (Å²) in [6.45, 7) is 1.85. The van der Waals surface area contributed by atoms with Gasteiger partial charge in [0.2, 0.25) is 0 Å². The summed E-state index contributed by atoms with van der Waals surface area (Å²) in [5.74, 6) is -0.851. The van der Waals surface area contributed by atoms with Crippen LogP contribution in [0.25, 0.3) is 0 Å². The van der Waals surface area contributed by atoms with E-state index in [9.17, 15) is 17.6 Å². The third-order valence-corrected chi connectivity index (χ3v) is 7.40. The Kier molecular flexibility index (Phi) is 7.19. The molecule has 0 bridgehead atoms. The summed E-state index contributed by atoms with van der Waals surface area (Å²) < 4.78 is 41.9. The van der Waals surface area contributed by atoms with Crippen molar-refractivity contribution in [3.63, 3.8) is 0 Å². The fourth-order valence-electron chi connectivity index (χ4n) is 3.57. The predicted octanol–water partition coefficient (Wildman–Crippen LogP) is 6.44. The lowest BCUT2D eigenvalue weighted by Crippen LogP contribution is -2.31. The van der Waals surface area contributed by atoms with Crippen molar-refractivity contribution in [2.45, 2.75) is 18.4 Å². The van der Waals surface area contributed by atoms with E-state index < -0.39 is 21.7 Å². The number of nitrogens with one attached hydrogen (secondary N) is 1. The van der Waals surface area contributed by atoms with Crippen LogP contribution < -0.4 is 9.62 Å². The maximum atomic E-state index is 13.6. The van der Waals surface area contributed by atoms with Crippen molar-refractivity contribution in [1.29, 1.82) is 0 Å². The molecule has 4 aromatic carbocycles. The summed E-state index contributed by atoms with van der Waals surface area (Å²) in [5, 5.41) is 3.06. The Bertz CT molecular complexity index is 1460. The maximum absolute atomic E-state index is 13.6. The number of hydrogen-bond acceptors (Lipinski definition) is 3. The molecule has 0 saturated carbocycles. The highest BCUT2D eigenvalue weighted by Crippen LogP contribution is 2.31. The molecule has 4 aromatic rings. The van der Waals surface area contributed by atoms with Crippen LogP contribution in [0.1, 0.15) is 21.5 Å². The van der Waals surface area contributed by atoms with E-state index in [2.05, 4.69) is 5.32 Å². The number of sulfonamides is 1. The highest BCUT2D eigenvalue weighted by molar-refractivity contribution is 7.92. The average molecular weight is 509 g/mol. The first kappa shape index (κ1) is 24.4. The first-order valence-corrected chi connectivity index (χ1v) is 12.6. The van der Waals surface area contributed by atoms with Crippen molar-refractivity contribution in [2.24, 2.45) is 0 Å². The number of aryl methyl sites for hydroxylation is 1. The fourth-order valence-corrected chi connectivity index (χ4v) is 5.26. The van der Waals surface area contributed by atoms with Gasteiger partial charge in [0.15, 0.2) is 0 Å². The molecule has 35 heavy (non-hydrogen) atoms. The normalized spacial score (nSPS) is 11.2. The zero-order valence-corrected chi connectivity index (χ0v) is 20.4. The van der Waals surface area contributed by atoms with Crippen LogP contribution in [-0.2, 0) is 16.6 Å². The predicted molar refractivity (Wildman–Crippen MR) is 137 cm³/mol. The minimum absolute atomic E-state index is 0.0319. The van der Waals surface area contributed by atoms with Gasteiger partial charge in [0.25, 0.3) is 15.9 Å². The van der Waals surface area contributed by atoms with Gasteiger partial charge in [0.1, 0.15) is 5.82 Å². The highest BCUT2D eigenvalue weighted by atomic mass is 35.5. The first-order chi connectivity index (χ1) is 16.7. The van der Waals surface area contributed by atoms with E-state index in [1.165, 1.54) is 22.5 Å². The van der Waals surface area contributed by atoms with Gasteiger partial charge < -0.3 is 5.32 Å². The van der Waals surface area contributed by atoms with Gasteiger partial charge >= 0.3 is 0 Å². The number of carbonyl (C=O) groups is 1. The summed E-state index contributed by atoms with van der Waals surface area (Å²) in [5.41, 5.74) is 2.59. The van der Waals surface area contributed by atoms with Gasteiger partial charge in [-0.15, -0.1) is 0 Å². The molecule has 0 aromatic heterocycles. The average Bonchev–Trinajstić information content (AvgIpc) is 2.85. The zero-order valence-electron chi connectivity index (χ0n) is 18.8. The fraction of sp³-hybridized carbons (Fsp3) is 0.0741. The van der Waals surface area contributed by atoms with E-state index in [0.29, 0.717) is 27.5 Å². The first-order valence-electron chi connectivity index (χ1n) is 10.7. The van der Waals surface area contributed by atoms with Crippen molar-refractivity contribution in [2.75, 3.05) is 9.62 Å². The van der Waals surface area contributed by atoms with E-state index in [1.807, 2.05) is 6.92 Å². The van der Waals surface area contributed by atoms with Crippen LogP contribution in [-0.4, -0.2) is 14.3 Å². The monoisotopic (exact) mass is 508 g/mol. The summed E-state index contributed by atoms with van der Waals surface area (Å²) in [4.78, 5) is 12.7. The van der Waals surface area contributed by atoms with Gasteiger partial charge in [-0.2, -0.15) is 0 Å². The molecule has 4 rings (SSSR count). The van der Waals surface area contributed by atoms with Crippen molar-refractivity contribution < 1.29 is 17.6 Å². The molecule has 0 unspecified atom stereocenters. The molecule has 0 aliphatic heterocycles. The van der Waals surface area contributed by atoms with Gasteiger partial charge in [-0.05, 0) is 72.6 Å². The molecule has 0 aliphatic rings. The summed E-state index contributed by atoms with van der Waals surface area (Å²) in [6, 6.07) is 25.5. The molecule has 8 heteroatoms. The van der Waals surface area contributed by atoms with Crippen LogP contribution in [0.15, 0.2) is 102 Å². The van der Waals surface area contributed by atoms with E-state index in [0.717, 1.165) is 5.56 Å². The molecular formula is C27H22ClFN2O3S. The number of amides is 1. The number of hydrogen-bond donors (Lipinski definition) is 1. The molecule has 178 valence electrons. The summed E-state index contributed by atoms with van der Waals surface area (Å²) in [7, 11) is -3.90. The minimum Gasteiger partial charge on any atom is -0.322 e. The molecule has 0 spiro atoms. The van der Waals surface area contributed by atoms with Crippen LogP contribution in [0.4, 0.5) is 15.8 Å². The van der Waals surface area contributed by atoms with Gasteiger partial charge in [-0.3, -0.25) is 9.10 Å². The van der Waals surface area contributed by atoms with Crippen LogP contribution in [0.2, 0.25) is 5.02 Å². The summed E-state index contributed by atoms with van der Waals surface area (Å²) >= 11 is 6.20. The second-order valence-electron chi connectivity index (χ2n) is 7.92. The largest absolute Gasteiger partial charge is 0.322 e. The smallest absolute Gasteiger partial charge is 0.264 e. The van der Waals surface area contributed by atoms with E-state index >= 15 is 0 Å². The Hall–Kier alpha value is -3.68. The summed E-state index contributed by atoms with van der Waals surface area (Å²) in [6.07, 6.45) is 0.